The number of carbonyl (C=O) groups excluding carboxylic acids is 2. The van der Waals surface area contributed by atoms with Crippen molar-refractivity contribution in [3.63, 3.8) is 0 Å². The summed E-state index contributed by atoms with van der Waals surface area (Å²) in [5.41, 5.74) is 0.445. The van der Waals surface area contributed by atoms with E-state index in [0.29, 0.717) is 43.1 Å². The van der Waals surface area contributed by atoms with E-state index in [-0.39, 0.29) is 28.7 Å². The van der Waals surface area contributed by atoms with Crippen molar-refractivity contribution in [3.05, 3.63) is 41.7 Å². The lowest BCUT2D eigenvalue weighted by molar-refractivity contribution is -0.121. The molecule has 0 unspecified atom stereocenters. The van der Waals surface area contributed by atoms with Gasteiger partial charge in [0.25, 0.3) is 5.91 Å². The van der Waals surface area contributed by atoms with Gasteiger partial charge in [-0.25, -0.2) is 8.42 Å². The van der Waals surface area contributed by atoms with Gasteiger partial charge >= 0.3 is 0 Å². The van der Waals surface area contributed by atoms with E-state index in [0.717, 1.165) is 32.1 Å². The van der Waals surface area contributed by atoms with Crippen LogP contribution in [0.4, 0.5) is 5.82 Å². The molecule has 1 aromatic heterocycles. The Morgan fingerprint density at radius 2 is 1.71 bits per heavy atom. The average molecular weight is 489 g/mol. The third kappa shape index (κ3) is 5.33. The van der Waals surface area contributed by atoms with E-state index in [9.17, 15) is 18.0 Å². The second-order valence-electron chi connectivity index (χ2n) is 9.22. The Morgan fingerprint density at radius 3 is 2.29 bits per heavy atom. The number of nitrogens with one attached hydrogen (secondary N) is 1. The Bertz CT molecular complexity index is 1110. The molecule has 1 N–H and O–H groups in total. The van der Waals surface area contributed by atoms with Gasteiger partial charge in [-0.1, -0.05) is 24.4 Å². The molecule has 1 saturated heterocycles. The number of hydrogen-bond acceptors (Lipinski definition) is 6. The predicted molar refractivity (Wildman–Crippen MR) is 127 cm³/mol. The van der Waals surface area contributed by atoms with E-state index in [1.165, 1.54) is 16.4 Å². The first-order chi connectivity index (χ1) is 16.3. The Hall–Kier alpha value is -2.72. The molecule has 1 aromatic carbocycles. The van der Waals surface area contributed by atoms with Crippen LogP contribution in [0.2, 0.25) is 0 Å². The highest BCUT2D eigenvalue weighted by Gasteiger charge is 2.31. The summed E-state index contributed by atoms with van der Waals surface area (Å²) in [6, 6.07) is 7.88. The molecule has 2 heterocycles. The van der Waals surface area contributed by atoms with Crippen molar-refractivity contribution < 1.29 is 22.5 Å². The normalized spacial score (nSPS) is 18.3. The van der Waals surface area contributed by atoms with E-state index in [1.807, 2.05) is 0 Å². The van der Waals surface area contributed by atoms with Crippen LogP contribution in [0.3, 0.4) is 0 Å². The van der Waals surface area contributed by atoms with Crippen LogP contribution in [0.5, 0.6) is 0 Å². The highest BCUT2D eigenvalue weighted by molar-refractivity contribution is 7.89. The maximum atomic E-state index is 13.0. The third-order valence-electron chi connectivity index (χ3n) is 6.90. The first-order valence-electron chi connectivity index (χ1n) is 11.9. The molecule has 0 bridgehead atoms. The molecular weight excluding hydrogens is 456 g/mol. The Kier molecular flexibility index (Phi) is 7.37. The molecule has 1 aliphatic carbocycles. The van der Waals surface area contributed by atoms with Crippen molar-refractivity contribution in [1.29, 1.82) is 0 Å². The SMILES string of the molecule is Cc1cc(NC(=O)C2CCN(C(=O)c3ccc(S(=O)(=O)N(C)C4CCCCC4)cc3)CC2)no1. The number of piperidine rings is 1. The highest BCUT2D eigenvalue weighted by atomic mass is 32.2. The van der Waals surface area contributed by atoms with E-state index in [4.69, 9.17) is 4.52 Å². The topological polar surface area (TPSA) is 113 Å². The molecule has 1 saturated carbocycles. The van der Waals surface area contributed by atoms with Crippen LogP contribution in [-0.2, 0) is 14.8 Å². The van der Waals surface area contributed by atoms with Gasteiger partial charge in [0.15, 0.2) is 5.82 Å². The summed E-state index contributed by atoms with van der Waals surface area (Å²) in [5, 5.41) is 6.53. The summed E-state index contributed by atoms with van der Waals surface area (Å²) in [6.45, 7) is 2.67. The molecule has 0 radical (unpaired) electrons. The van der Waals surface area contributed by atoms with Crippen molar-refractivity contribution >= 4 is 27.7 Å². The third-order valence-corrected chi connectivity index (χ3v) is 8.82. The molecule has 4 rings (SSSR count). The number of carbonyl (C=O) groups is 2. The van der Waals surface area contributed by atoms with Crippen LogP contribution in [0, 0.1) is 12.8 Å². The second kappa shape index (κ2) is 10.3. The summed E-state index contributed by atoms with van der Waals surface area (Å²) in [6.07, 6.45) is 6.13. The van der Waals surface area contributed by atoms with Crippen LogP contribution >= 0.6 is 0 Å². The average Bonchev–Trinajstić information content (AvgIpc) is 3.28. The van der Waals surface area contributed by atoms with Crippen LogP contribution in [0.15, 0.2) is 39.8 Å². The van der Waals surface area contributed by atoms with E-state index < -0.39 is 10.0 Å². The van der Waals surface area contributed by atoms with Crippen molar-refractivity contribution in [2.75, 3.05) is 25.5 Å². The van der Waals surface area contributed by atoms with Gasteiger partial charge in [-0.05, 0) is 56.9 Å². The quantitative estimate of drug-likeness (QED) is 0.667. The Balaban J connectivity index is 1.33. The predicted octanol–water partition coefficient (Wildman–Crippen LogP) is 3.43. The molecule has 2 fully saturated rings. The van der Waals surface area contributed by atoms with Crippen molar-refractivity contribution in [2.45, 2.75) is 62.8 Å². The maximum Gasteiger partial charge on any atom is 0.253 e. The first-order valence-corrected chi connectivity index (χ1v) is 13.3. The lowest BCUT2D eigenvalue weighted by Gasteiger charge is -2.31. The summed E-state index contributed by atoms with van der Waals surface area (Å²) in [7, 11) is -1.95. The van der Waals surface area contributed by atoms with Crippen molar-refractivity contribution in [3.8, 4) is 0 Å². The summed E-state index contributed by atoms with van der Waals surface area (Å²) in [4.78, 5) is 27.3. The molecule has 0 atom stereocenters. The van der Waals surface area contributed by atoms with Gasteiger partial charge in [0.1, 0.15) is 5.76 Å². The van der Waals surface area contributed by atoms with Crippen molar-refractivity contribution in [1.82, 2.24) is 14.4 Å². The molecular formula is C24H32N4O5S. The Labute approximate surface area is 200 Å². The standard InChI is InChI=1S/C24H32N4O5S/c1-17-16-22(26-33-17)25-23(29)18-12-14-28(15-13-18)24(30)19-8-10-21(11-9-19)34(31,32)27(2)20-6-4-3-5-7-20/h8-11,16,18,20H,3-7,12-15H2,1-2H3,(H,25,26,29). The zero-order chi connectivity index (χ0) is 24.3. The Morgan fingerprint density at radius 1 is 1.06 bits per heavy atom. The number of aromatic nitrogens is 1. The second-order valence-corrected chi connectivity index (χ2v) is 11.2. The van der Waals surface area contributed by atoms with Crippen LogP contribution in [0.1, 0.15) is 61.1 Å². The zero-order valence-corrected chi connectivity index (χ0v) is 20.5. The first kappa shape index (κ1) is 24.4. The minimum absolute atomic E-state index is 0.0341. The zero-order valence-electron chi connectivity index (χ0n) is 19.7. The largest absolute Gasteiger partial charge is 0.360 e. The number of rotatable bonds is 6. The van der Waals surface area contributed by atoms with Crippen LogP contribution in [-0.4, -0.2) is 60.8 Å². The monoisotopic (exact) mass is 488 g/mol. The fourth-order valence-electron chi connectivity index (χ4n) is 4.76. The minimum atomic E-state index is -3.59. The molecule has 1 aliphatic heterocycles. The van der Waals surface area contributed by atoms with Gasteiger partial charge in [-0.15, -0.1) is 0 Å². The number of benzene rings is 1. The highest BCUT2D eigenvalue weighted by Crippen LogP contribution is 2.27. The number of nitrogens with zero attached hydrogens (tertiary/aromatic N) is 3. The summed E-state index contributed by atoms with van der Waals surface area (Å²) < 4.78 is 32.5. The number of anilines is 1. The fourth-order valence-corrected chi connectivity index (χ4v) is 6.17. The molecule has 184 valence electrons. The van der Waals surface area contributed by atoms with Gasteiger partial charge in [0.05, 0.1) is 4.90 Å². The maximum absolute atomic E-state index is 13.0. The van der Waals surface area contributed by atoms with Gasteiger partial charge < -0.3 is 14.7 Å². The number of likely N-dealkylation sites (tertiary alicyclic amines) is 1. The lowest BCUT2D eigenvalue weighted by atomic mass is 9.95. The summed E-state index contributed by atoms with van der Waals surface area (Å²) >= 11 is 0. The fraction of sp³-hybridized carbons (Fsp3) is 0.542. The van der Waals surface area contributed by atoms with E-state index >= 15 is 0 Å². The smallest absolute Gasteiger partial charge is 0.253 e. The van der Waals surface area contributed by atoms with Gasteiger partial charge in [-0.3, -0.25) is 9.59 Å². The number of sulfonamides is 1. The lowest BCUT2D eigenvalue weighted by Crippen LogP contribution is -2.41. The molecule has 2 amide bonds. The number of amides is 2. The number of hydrogen-bond donors (Lipinski definition) is 1. The minimum Gasteiger partial charge on any atom is -0.360 e. The molecule has 2 aliphatic rings. The molecule has 2 aromatic rings. The molecule has 10 heteroatoms. The number of aryl methyl sites for hydroxylation is 1. The van der Waals surface area contributed by atoms with Gasteiger partial charge in [0.2, 0.25) is 15.9 Å². The summed E-state index contributed by atoms with van der Waals surface area (Å²) in [5.74, 6) is 0.525. The van der Waals surface area contributed by atoms with E-state index in [1.54, 1.807) is 37.1 Å². The van der Waals surface area contributed by atoms with Crippen molar-refractivity contribution in [2.24, 2.45) is 5.92 Å². The molecule has 9 nitrogen and oxygen atoms in total. The van der Waals surface area contributed by atoms with Crippen LogP contribution < -0.4 is 5.32 Å². The van der Waals surface area contributed by atoms with Crippen LogP contribution in [0.25, 0.3) is 0 Å². The van der Waals surface area contributed by atoms with Gasteiger partial charge in [0, 0.05) is 43.7 Å². The molecule has 0 spiro atoms. The van der Waals surface area contributed by atoms with E-state index in [2.05, 4.69) is 10.5 Å². The molecule has 34 heavy (non-hydrogen) atoms. The van der Waals surface area contributed by atoms with Gasteiger partial charge in [-0.2, -0.15) is 4.31 Å².